The number of hydrogen-bond donors (Lipinski definition) is 2. The monoisotopic (exact) mass is 256 g/mol. The third-order valence-corrected chi connectivity index (χ3v) is 3.75. The standard InChI is InChI=1S/C13H24N2OS/c1-2-7-11(12(14)17)15-13(16)10-8-5-3-4-6-9-10/h10-11H,2-9H2,1H3,(H2,14,17)(H,15,16). The van der Waals surface area contributed by atoms with Gasteiger partial charge in [0, 0.05) is 5.92 Å². The number of amides is 1. The highest BCUT2D eigenvalue weighted by molar-refractivity contribution is 7.80. The summed E-state index contributed by atoms with van der Waals surface area (Å²) in [6.07, 6.45) is 8.72. The summed E-state index contributed by atoms with van der Waals surface area (Å²) < 4.78 is 0. The first-order valence-electron chi connectivity index (χ1n) is 6.74. The van der Waals surface area contributed by atoms with Gasteiger partial charge in [-0.3, -0.25) is 4.79 Å². The van der Waals surface area contributed by atoms with Crippen LogP contribution in [0.5, 0.6) is 0 Å². The quantitative estimate of drug-likeness (QED) is 0.587. The maximum atomic E-state index is 12.1. The van der Waals surface area contributed by atoms with E-state index in [0.717, 1.165) is 25.7 Å². The molecule has 1 fully saturated rings. The number of carbonyl (C=O) groups excluding carboxylic acids is 1. The summed E-state index contributed by atoms with van der Waals surface area (Å²) in [6, 6.07) is -0.120. The molecule has 0 radical (unpaired) electrons. The minimum absolute atomic E-state index is 0.120. The first-order chi connectivity index (χ1) is 8.15. The fourth-order valence-electron chi connectivity index (χ4n) is 2.41. The largest absolute Gasteiger partial charge is 0.392 e. The molecule has 1 rings (SSSR count). The lowest BCUT2D eigenvalue weighted by Gasteiger charge is -2.20. The molecule has 17 heavy (non-hydrogen) atoms. The van der Waals surface area contributed by atoms with Gasteiger partial charge in [-0.05, 0) is 19.3 Å². The Balaban J connectivity index is 2.47. The van der Waals surface area contributed by atoms with Crippen molar-refractivity contribution in [2.45, 2.75) is 64.3 Å². The third-order valence-electron chi connectivity index (χ3n) is 3.46. The van der Waals surface area contributed by atoms with E-state index in [2.05, 4.69) is 12.2 Å². The fraction of sp³-hybridized carbons (Fsp3) is 0.846. The van der Waals surface area contributed by atoms with Gasteiger partial charge in [0.1, 0.15) is 0 Å². The van der Waals surface area contributed by atoms with Crippen molar-refractivity contribution in [1.29, 1.82) is 0 Å². The van der Waals surface area contributed by atoms with Gasteiger partial charge in [0.15, 0.2) is 0 Å². The van der Waals surface area contributed by atoms with Crippen LogP contribution in [0.2, 0.25) is 0 Å². The van der Waals surface area contributed by atoms with Crippen LogP contribution < -0.4 is 11.1 Å². The minimum atomic E-state index is -0.120. The van der Waals surface area contributed by atoms with Crippen LogP contribution in [-0.4, -0.2) is 16.9 Å². The second kappa shape index (κ2) is 7.64. The summed E-state index contributed by atoms with van der Waals surface area (Å²) in [5, 5.41) is 3.01. The Morgan fingerprint density at radius 2 is 1.94 bits per heavy atom. The van der Waals surface area contributed by atoms with Crippen molar-refractivity contribution < 1.29 is 4.79 Å². The molecule has 1 unspecified atom stereocenters. The van der Waals surface area contributed by atoms with Crippen molar-refractivity contribution in [1.82, 2.24) is 5.32 Å². The molecule has 0 heterocycles. The molecule has 0 spiro atoms. The Kier molecular flexibility index (Phi) is 6.48. The lowest BCUT2D eigenvalue weighted by Crippen LogP contribution is -2.45. The van der Waals surface area contributed by atoms with Crippen molar-refractivity contribution in [3.05, 3.63) is 0 Å². The van der Waals surface area contributed by atoms with Gasteiger partial charge in [0.25, 0.3) is 0 Å². The smallest absolute Gasteiger partial charge is 0.223 e. The van der Waals surface area contributed by atoms with E-state index in [1.807, 2.05) is 0 Å². The zero-order chi connectivity index (χ0) is 12.7. The molecule has 4 heteroatoms. The van der Waals surface area contributed by atoms with E-state index >= 15 is 0 Å². The first kappa shape index (κ1) is 14.4. The molecule has 1 aliphatic rings. The molecule has 0 aliphatic heterocycles. The van der Waals surface area contributed by atoms with E-state index in [4.69, 9.17) is 18.0 Å². The maximum absolute atomic E-state index is 12.1. The topological polar surface area (TPSA) is 55.1 Å². The average Bonchev–Trinajstić information content (AvgIpc) is 2.56. The van der Waals surface area contributed by atoms with Gasteiger partial charge in [-0.25, -0.2) is 0 Å². The van der Waals surface area contributed by atoms with E-state index in [1.54, 1.807) is 0 Å². The van der Waals surface area contributed by atoms with E-state index in [0.29, 0.717) is 4.99 Å². The number of hydrogen-bond acceptors (Lipinski definition) is 2. The van der Waals surface area contributed by atoms with E-state index in [1.165, 1.54) is 25.7 Å². The van der Waals surface area contributed by atoms with E-state index in [9.17, 15) is 4.79 Å². The van der Waals surface area contributed by atoms with Gasteiger partial charge in [0.05, 0.1) is 11.0 Å². The summed E-state index contributed by atoms with van der Waals surface area (Å²) in [5.41, 5.74) is 5.65. The summed E-state index contributed by atoms with van der Waals surface area (Å²) in [7, 11) is 0. The minimum Gasteiger partial charge on any atom is -0.392 e. The highest BCUT2D eigenvalue weighted by Crippen LogP contribution is 2.23. The van der Waals surface area contributed by atoms with Crippen LogP contribution in [0.1, 0.15) is 58.3 Å². The maximum Gasteiger partial charge on any atom is 0.223 e. The van der Waals surface area contributed by atoms with Gasteiger partial charge in [-0.2, -0.15) is 0 Å². The molecule has 0 aromatic carbocycles. The highest BCUT2D eigenvalue weighted by atomic mass is 32.1. The Labute approximate surface area is 110 Å². The zero-order valence-electron chi connectivity index (χ0n) is 10.7. The summed E-state index contributed by atoms with van der Waals surface area (Å²) >= 11 is 4.99. The molecule has 1 saturated carbocycles. The number of nitrogens with one attached hydrogen (secondary N) is 1. The molecule has 1 atom stereocenters. The normalized spacial score (nSPS) is 19.4. The van der Waals surface area contributed by atoms with Crippen molar-refractivity contribution in [3.8, 4) is 0 Å². The SMILES string of the molecule is CCCC(NC(=O)C1CCCCCC1)C(N)=S. The molecule has 0 bridgehead atoms. The lowest BCUT2D eigenvalue weighted by molar-refractivity contribution is -0.125. The summed E-state index contributed by atoms with van der Waals surface area (Å²) in [6.45, 7) is 2.07. The fourth-order valence-corrected chi connectivity index (χ4v) is 2.58. The number of nitrogens with two attached hydrogens (primary N) is 1. The predicted molar refractivity (Wildman–Crippen MR) is 74.8 cm³/mol. The molecule has 3 N–H and O–H groups in total. The molecule has 1 aliphatic carbocycles. The highest BCUT2D eigenvalue weighted by Gasteiger charge is 2.23. The average molecular weight is 256 g/mol. The van der Waals surface area contributed by atoms with Crippen molar-refractivity contribution >= 4 is 23.1 Å². The van der Waals surface area contributed by atoms with Crippen LogP contribution >= 0.6 is 12.2 Å². The molecule has 0 saturated heterocycles. The first-order valence-corrected chi connectivity index (χ1v) is 7.15. The Hall–Kier alpha value is -0.640. The van der Waals surface area contributed by atoms with Gasteiger partial charge in [0.2, 0.25) is 5.91 Å². The van der Waals surface area contributed by atoms with E-state index < -0.39 is 0 Å². The Morgan fingerprint density at radius 3 is 2.41 bits per heavy atom. The summed E-state index contributed by atoms with van der Waals surface area (Å²) in [4.78, 5) is 12.5. The van der Waals surface area contributed by atoms with Crippen molar-refractivity contribution in [3.63, 3.8) is 0 Å². The van der Waals surface area contributed by atoms with Crippen LogP contribution in [0.4, 0.5) is 0 Å². The van der Waals surface area contributed by atoms with Gasteiger partial charge < -0.3 is 11.1 Å². The molecule has 0 aromatic heterocycles. The van der Waals surface area contributed by atoms with Gasteiger partial charge >= 0.3 is 0 Å². The Morgan fingerprint density at radius 1 is 1.35 bits per heavy atom. The second-order valence-electron chi connectivity index (χ2n) is 4.94. The predicted octanol–water partition coefficient (Wildman–Crippen LogP) is 2.53. The molecule has 98 valence electrons. The second-order valence-corrected chi connectivity index (χ2v) is 5.41. The number of rotatable bonds is 5. The van der Waals surface area contributed by atoms with Crippen LogP contribution in [-0.2, 0) is 4.79 Å². The van der Waals surface area contributed by atoms with Crippen LogP contribution in [0.25, 0.3) is 0 Å². The Bertz CT molecular complexity index is 260. The number of carbonyl (C=O) groups is 1. The number of thiocarbonyl (C=S) groups is 1. The van der Waals surface area contributed by atoms with Gasteiger partial charge in [-0.1, -0.05) is 51.2 Å². The molecule has 3 nitrogen and oxygen atoms in total. The van der Waals surface area contributed by atoms with Gasteiger partial charge in [-0.15, -0.1) is 0 Å². The van der Waals surface area contributed by atoms with Crippen molar-refractivity contribution in [2.75, 3.05) is 0 Å². The third kappa shape index (κ3) is 5.02. The molecule has 0 aromatic rings. The van der Waals surface area contributed by atoms with Crippen molar-refractivity contribution in [2.24, 2.45) is 11.7 Å². The van der Waals surface area contributed by atoms with Crippen LogP contribution in [0, 0.1) is 5.92 Å². The summed E-state index contributed by atoms with van der Waals surface area (Å²) in [5.74, 6) is 0.323. The van der Waals surface area contributed by atoms with E-state index in [-0.39, 0.29) is 17.9 Å². The molecular weight excluding hydrogens is 232 g/mol. The lowest BCUT2D eigenvalue weighted by atomic mass is 9.98. The zero-order valence-corrected chi connectivity index (χ0v) is 11.5. The van der Waals surface area contributed by atoms with Crippen LogP contribution in [0.15, 0.2) is 0 Å². The molecule has 1 amide bonds. The van der Waals surface area contributed by atoms with Crippen LogP contribution in [0.3, 0.4) is 0 Å². The molecular formula is C13H24N2OS.